The highest BCUT2D eigenvalue weighted by atomic mass is 32.2. The van der Waals surface area contributed by atoms with E-state index < -0.39 is 10.0 Å². The van der Waals surface area contributed by atoms with E-state index in [4.69, 9.17) is 0 Å². The van der Waals surface area contributed by atoms with E-state index in [0.717, 1.165) is 5.56 Å². The maximum absolute atomic E-state index is 13.3. The molecule has 0 heterocycles. The fraction of sp³-hybridized carbons (Fsp3) is 0.350. The van der Waals surface area contributed by atoms with Crippen molar-refractivity contribution in [3.63, 3.8) is 0 Å². The van der Waals surface area contributed by atoms with Crippen molar-refractivity contribution in [2.24, 2.45) is 4.99 Å². The number of halogens is 1. The molecule has 2 N–H and O–H groups in total. The van der Waals surface area contributed by atoms with E-state index in [1.165, 1.54) is 30.5 Å². The molecule has 152 valence electrons. The van der Waals surface area contributed by atoms with E-state index >= 15 is 0 Å². The second-order valence-corrected chi connectivity index (χ2v) is 8.52. The Balaban J connectivity index is 2.09. The average Bonchev–Trinajstić information content (AvgIpc) is 2.66. The van der Waals surface area contributed by atoms with Crippen LogP contribution in [0, 0.1) is 5.82 Å². The van der Waals surface area contributed by atoms with E-state index in [2.05, 4.69) is 15.6 Å². The van der Waals surface area contributed by atoms with E-state index in [9.17, 15) is 12.8 Å². The lowest BCUT2D eigenvalue weighted by molar-refractivity contribution is 0.519. The van der Waals surface area contributed by atoms with Crippen LogP contribution in [0.3, 0.4) is 0 Å². The summed E-state index contributed by atoms with van der Waals surface area (Å²) < 4.78 is 39.4. The molecule has 2 aromatic carbocycles. The van der Waals surface area contributed by atoms with Gasteiger partial charge < -0.3 is 10.6 Å². The van der Waals surface area contributed by atoms with Crippen LogP contribution in [0.4, 0.5) is 4.39 Å². The summed E-state index contributed by atoms with van der Waals surface area (Å²) in [7, 11) is -0.522. The third kappa shape index (κ3) is 6.03. The number of hydrogen-bond acceptors (Lipinski definition) is 3. The van der Waals surface area contributed by atoms with E-state index in [-0.39, 0.29) is 17.3 Å². The van der Waals surface area contributed by atoms with Gasteiger partial charge in [-0.05, 0) is 42.7 Å². The minimum Gasteiger partial charge on any atom is -0.357 e. The van der Waals surface area contributed by atoms with Gasteiger partial charge in [0.1, 0.15) is 5.82 Å². The van der Waals surface area contributed by atoms with Crippen LogP contribution in [0.15, 0.2) is 58.4 Å². The number of sulfonamides is 1. The van der Waals surface area contributed by atoms with Gasteiger partial charge >= 0.3 is 0 Å². The van der Waals surface area contributed by atoms with Crippen LogP contribution in [0.5, 0.6) is 0 Å². The zero-order valence-corrected chi connectivity index (χ0v) is 17.3. The van der Waals surface area contributed by atoms with Crippen molar-refractivity contribution in [2.45, 2.75) is 24.8 Å². The van der Waals surface area contributed by atoms with Crippen molar-refractivity contribution < 1.29 is 12.8 Å². The topological polar surface area (TPSA) is 73.8 Å². The highest BCUT2D eigenvalue weighted by molar-refractivity contribution is 7.89. The SMILES string of the molecule is CCNC(=NCc1ccccc1S(=O)(=O)N(C)C)NCCc1cccc(F)c1. The predicted molar refractivity (Wildman–Crippen MR) is 110 cm³/mol. The molecule has 0 amide bonds. The summed E-state index contributed by atoms with van der Waals surface area (Å²) in [5, 5.41) is 6.33. The number of benzene rings is 2. The highest BCUT2D eigenvalue weighted by Crippen LogP contribution is 2.19. The monoisotopic (exact) mass is 406 g/mol. The number of aliphatic imine (C=N–C) groups is 1. The highest BCUT2D eigenvalue weighted by Gasteiger charge is 2.20. The summed E-state index contributed by atoms with van der Waals surface area (Å²) >= 11 is 0. The van der Waals surface area contributed by atoms with Crippen molar-refractivity contribution in [3.8, 4) is 0 Å². The zero-order valence-electron chi connectivity index (χ0n) is 16.4. The largest absolute Gasteiger partial charge is 0.357 e. The molecule has 0 saturated heterocycles. The van der Waals surface area contributed by atoms with Gasteiger partial charge in [-0.25, -0.2) is 22.1 Å². The van der Waals surface area contributed by atoms with Crippen molar-refractivity contribution in [1.82, 2.24) is 14.9 Å². The molecule has 28 heavy (non-hydrogen) atoms. The van der Waals surface area contributed by atoms with Crippen molar-refractivity contribution >= 4 is 16.0 Å². The molecule has 6 nitrogen and oxygen atoms in total. The molecule has 0 fully saturated rings. The van der Waals surface area contributed by atoms with Crippen molar-refractivity contribution in [3.05, 3.63) is 65.5 Å². The second-order valence-electron chi connectivity index (χ2n) is 6.40. The first kappa shape index (κ1) is 21.8. The first-order valence-corrected chi connectivity index (χ1v) is 10.6. The summed E-state index contributed by atoms with van der Waals surface area (Å²) in [6.45, 7) is 3.42. The van der Waals surface area contributed by atoms with Crippen LogP contribution in [0.2, 0.25) is 0 Å². The van der Waals surface area contributed by atoms with Crippen LogP contribution < -0.4 is 10.6 Å². The first-order valence-electron chi connectivity index (χ1n) is 9.11. The Morgan fingerprint density at radius 2 is 1.86 bits per heavy atom. The zero-order chi connectivity index (χ0) is 20.6. The van der Waals surface area contributed by atoms with Gasteiger partial charge in [-0.15, -0.1) is 0 Å². The van der Waals surface area contributed by atoms with Gasteiger partial charge in [0.05, 0.1) is 11.4 Å². The molecule has 2 aromatic rings. The van der Waals surface area contributed by atoms with E-state index in [0.29, 0.717) is 31.0 Å². The van der Waals surface area contributed by atoms with Crippen LogP contribution in [0.25, 0.3) is 0 Å². The molecule has 0 saturated carbocycles. The summed E-state index contributed by atoms with van der Waals surface area (Å²) in [5.74, 6) is 0.327. The lowest BCUT2D eigenvalue weighted by Gasteiger charge is -2.15. The average molecular weight is 407 g/mol. The molecule has 0 aliphatic rings. The lowest BCUT2D eigenvalue weighted by atomic mass is 10.1. The lowest BCUT2D eigenvalue weighted by Crippen LogP contribution is -2.38. The van der Waals surface area contributed by atoms with Gasteiger partial charge in [0.25, 0.3) is 0 Å². The molecule has 8 heteroatoms. The molecular formula is C20H27FN4O2S. The Labute approximate surface area is 166 Å². The minimum atomic E-state index is -3.54. The minimum absolute atomic E-state index is 0.221. The number of guanidine groups is 1. The summed E-state index contributed by atoms with van der Waals surface area (Å²) in [6.07, 6.45) is 0.647. The molecule has 0 aromatic heterocycles. The molecule has 0 radical (unpaired) electrons. The third-order valence-corrected chi connectivity index (χ3v) is 5.99. The molecule has 0 atom stereocenters. The van der Waals surface area contributed by atoms with E-state index in [1.54, 1.807) is 30.3 Å². The maximum atomic E-state index is 13.3. The smallest absolute Gasteiger partial charge is 0.242 e. The number of nitrogens with zero attached hydrogens (tertiary/aromatic N) is 2. The van der Waals surface area contributed by atoms with Crippen LogP contribution in [-0.4, -0.2) is 45.9 Å². The summed E-state index contributed by atoms with van der Waals surface area (Å²) in [4.78, 5) is 4.75. The van der Waals surface area contributed by atoms with Gasteiger partial charge in [-0.3, -0.25) is 0 Å². The molecular weight excluding hydrogens is 379 g/mol. The molecule has 2 rings (SSSR count). The third-order valence-electron chi connectivity index (χ3n) is 4.08. The van der Waals surface area contributed by atoms with Crippen molar-refractivity contribution in [2.75, 3.05) is 27.2 Å². The van der Waals surface area contributed by atoms with Crippen LogP contribution in [0.1, 0.15) is 18.1 Å². The van der Waals surface area contributed by atoms with Gasteiger partial charge in [-0.1, -0.05) is 30.3 Å². The normalized spacial score (nSPS) is 12.2. The Hall–Kier alpha value is -2.45. The molecule has 0 aliphatic heterocycles. The Kier molecular flexibility index (Phi) is 7.95. The Morgan fingerprint density at radius 1 is 1.11 bits per heavy atom. The van der Waals surface area contributed by atoms with Gasteiger partial charge in [0.2, 0.25) is 10.0 Å². The number of hydrogen-bond donors (Lipinski definition) is 2. The number of rotatable bonds is 8. The standard InChI is InChI=1S/C20H27FN4O2S/c1-4-22-20(23-13-12-16-8-7-10-18(21)14-16)24-15-17-9-5-6-11-19(17)28(26,27)25(2)3/h5-11,14H,4,12-13,15H2,1-3H3,(H2,22,23,24). The first-order chi connectivity index (χ1) is 13.3. The van der Waals surface area contributed by atoms with E-state index in [1.807, 2.05) is 13.0 Å². The van der Waals surface area contributed by atoms with Crippen molar-refractivity contribution in [1.29, 1.82) is 0 Å². The molecule has 0 aliphatic carbocycles. The quantitative estimate of drug-likeness (QED) is 0.521. The summed E-state index contributed by atoms with van der Waals surface area (Å²) in [6, 6.07) is 13.3. The number of nitrogens with one attached hydrogen (secondary N) is 2. The Morgan fingerprint density at radius 3 is 2.54 bits per heavy atom. The van der Waals surface area contributed by atoms with Gasteiger partial charge in [-0.2, -0.15) is 0 Å². The summed E-state index contributed by atoms with van der Waals surface area (Å²) in [5.41, 5.74) is 1.52. The maximum Gasteiger partial charge on any atom is 0.242 e. The van der Waals surface area contributed by atoms with Crippen LogP contribution >= 0.6 is 0 Å². The van der Waals surface area contributed by atoms with Gasteiger partial charge in [0.15, 0.2) is 5.96 Å². The van der Waals surface area contributed by atoms with Gasteiger partial charge in [0, 0.05) is 27.2 Å². The second kappa shape index (κ2) is 10.2. The fourth-order valence-electron chi connectivity index (χ4n) is 2.61. The van der Waals surface area contributed by atoms with Crippen LogP contribution in [-0.2, 0) is 23.0 Å². The molecule has 0 unspecified atom stereocenters. The molecule has 0 spiro atoms. The Bertz CT molecular complexity index is 914. The molecule has 0 bridgehead atoms. The predicted octanol–water partition coefficient (Wildman–Crippen LogP) is 2.37. The fourth-order valence-corrected chi connectivity index (χ4v) is 3.71.